The molecular formula is C18H20N3O3+. The Balaban J connectivity index is 2.01. The zero-order valence-corrected chi connectivity index (χ0v) is 14.0. The summed E-state index contributed by atoms with van der Waals surface area (Å²) in [6.07, 6.45) is 4.96. The summed E-state index contributed by atoms with van der Waals surface area (Å²) in [4.78, 5) is 19.7. The first-order valence-corrected chi connectivity index (χ1v) is 7.77. The minimum absolute atomic E-state index is 0.193. The highest BCUT2D eigenvalue weighted by atomic mass is 16.5. The highest BCUT2D eigenvalue weighted by Crippen LogP contribution is 2.29. The lowest BCUT2D eigenvalue weighted by Gasteiger charge is -2.08. The Hall–Kier alpha value is -2.89. The smallest absolute Gasteiger partial charge is 0.259 e. The maximum atomic E-state index is 12.4. The van der Waals surface area contributed by atoms with Gasteiger partial charge in [0, 0.05) is 18.2 Å². The summed E-state index contributed by atoms with van der Waals surface area (Å²) in [5, 5.41) is 0.475. The first-order chi connectivity index (χ1) is 11.6. The fourth-order valence-corrected chi connectivity index (χ4v) is 2.59. The zero-order chi connectivity index (χ0) is 17.1. The van der Waals surface area contributed by atoms with Gasteiger partial charge in [-0.15, -0.1) is 0 Å². The van der Waals surface area contributed by atoms with E-state index in [1.54, 1.807) is 19.2 Å². The molecule has 2 aromatic heterocycles. The van der Waals surface area contributed by atoms with Gasteiger partial charge in [-0.2, -0.15) is 4.57 Å². The number of methoxy groups -OCH3 is 2. The lowest BCUT2D eigenvalue weighted by molar-refractivity contribution is -0.689. The Bertz CT molecular complexity index is 917. The van der Waals surface area contributed by atoms with Crippen LogP contribution in [-0.4, -0.2) is 24.2 Å². The molecule has 6 nitrogen and oxygen atoms in total. The Morgan fingerprint density at radius 2 is 1.79 bits per heavy atom. The van der Waals surface area contributed by atoms with E-state index in [1.165, 1.54) is 12.7 Å². The van der Waals surface area contributed by atoms with Gasteiger partial charge in [0.25, 0.3) is 5.56 Å². The third-order valence-electron chi connectivity index (χ3n) is 3.96. The van der Waals surface area contributed by atoms with Crippen molar-refractivity contribution in [3.63, 3.8) is 0 Å². The van der Waals surface area contributed by atoms with Crippen LogP contribution in [0.4, 0.5) is 0 Å². The van der Waals surface area contributed by atoms with Crippen molar-refractivity contribution in [2.24, 2.45) is 0 Å². The number of ether oxygens (including phenoxy) is 2. The fourth-order valence-electron chi connectivity index (χ4n) is 2.59. The molecule has 0 saturated carbocycles. The molecule has 1 N–H and O–H groups in total. The maximum absolute atomic E-state index is 12.4. The molecule has 0 aliphatic heterocycles. The molecule has 0 fully saturated rings. The summed E-state index contributed by atoms with van der Waals surface area (Å²) in [5.74, 6) is 1.65. The van der Waals surface area contributed by atoms with Crippen molar-refractivity contribution in [1.82, 2.24) is 9.97 Å². The van der Waals surface area contributed by atoms with Crippen molar-refractivity contribution >= 4 is 10.9 Å². The molecule has 124 valence electrons. The van der Waals surface area contributed by atoms with E-state index < -0.39 is 0 Å². The van der Waals surface area contributed by atoms with Crippen molar-refractivity contribution in [1.29, 1.82) is 0 Å². The fraction of sp³-hybridized carbons (Fsp3) is 0.278. The van der Waals surface area contributed by atoms with Gasteiger partial charge in [0.15, 0.2) is 29.7 Å². The molecule has 0 radical (unpaired) electrons. The van der Waals surface area contributed by atoms with E-state index in [1.807, 2.05) is 17.0 Å². The summed E-state index contributed by atoms with van der Waals surface area (Å²) in [7, 11) is 3.10. The van der Waals surface area contributed by atoms with Crippen LogP contribution in [0, 0.1) is 0 Å². The number of H-pyrrole nitrogens is 1. The Morgan fingerprint density at radius 1 is 1.12 bits per heavy atom. The van der Waals surface area contributed by atoms with E-state index in [0.29, 0.717) is 34.8 Å². The molecule has 0 aliphatic rings. The van der Waals surface area contributed by atoms with Gasteiger partial charge in [0.05, 0.1) is 25.1 Å². The van der Waals surface area contributed by atoms with E-state index in [4.69, 9.17) is 9.47 Å². The molecule has 2 heterocycles. The van der Waals surface area contributed by atoms with Gasteiger partial charge < -0.3 is 14.5 Å². The van der Waals surface area contributed by atoms with Gasteiger partial charge in [-0.25, -0.2) is 4.98 Å². The number of nitrogens with one attached hydrogen (secondary N) is 1. The number of aryl methyl sites for hydroxylation is 1. The summed E-state index contributed by atoms with van der Waals surface area (Å²) >= 11 is 0. The second kappa shape index (κ2) is 6.70. The van der Waals surface area contributed by atoms with E-state index in [9.17, 15) is 4.79 Å². The van der Waals surface area contributed by atoms with Crippen LogP contribution in [0.15, 0.2) is 41.5 Å². The highest BCUT2D eigenvalue weighted by Gasteiger charge is 2.13. The number of aromatic amines is 1. The van der Waals surface area contributed by atoms with Crippen molar-refractivity contribution in [3.05, 3.63) is 58.4 Å². The van der Waals surface area contributed by atoms with Crippen LogP contribution in [0.5, 0.6) is 11.5 Å². The second-order valence-corrected chi connectivity index (χ2v) is 5.47. The zero-order valence-electron chi connectivity index (χ0n) is 14.0. The predicted molar refractivity (Wildman–Crippen MR) is 90.6 cm³/mol. The van der Waals surface area contributed by atoms with E-state index in [-0.39, 0.29) is 5.56 Å². The van der Waals surface area contributed by atoms with Gasteiger partial charge in [0.2, 0.25) is 6.54 Å². The molecular weight excluding hydrogens is 306 g/mol. The van der Waals surface area contributed by atoms with Crippen molar-refractivity contribution in [2.45, 2.75) is 19.9 Å². The van der Waals surface area contributed by atoms with Crippen LogP contribution in [0.1, 0.15) is 18.3 Å². The third-order valence-corrected chi connectivity index (χ3v) is 3.96. The minimum Gasteiger partial charge on any atom is -0.493 e. The van der Waals surface area contributed by atoms with Crippen LogP contribution >= 0.6 is 0 Å². The largest absolute Gasteiger partial charge is 0.493 e. The van der Waals surface area contributed by atoms with Gasteiger partial charge in [-0.05, 0) is 18.1 Å². The molecule has 0 unspecified atom stereocenters. The molecule has 0 atom stereocenters. The molecule has 0 bridgehead atoms. The summed E-state index contributed by atoms with van der Waals surface area (Å²) in [5.41, 5.74) is 1.65. The molecule has 24 heavy (non-hydrogen) atoms. The maximum Gasteiger partial charge on any atom is 0.259 e. The number of aromatic nitrogens is 3. The van der Waals surface area contributed by atoms with Gasteiger partial charge >= 0.3 is 0 Å². The molecule has 3 rings (SSSR count). The molecule has 0 spiro atoms. The SMILES string of the molecule is CCc1cc[n+](Cc2nc3cc(OC)c(OC)cc3c(=O)[nH]2)cc1. The Labute approximate surface area is 139 Å². The summed E-state index contributed by atoms with van der Waals surface area (Å²) in [6.45, 7) is 2.60. The highest BCUT2D eigenvalue weighted by molar-refractivity contribution is 5.81. The summed E-state index contributed by atoms with van der Waals surface area (Å²) in [6, 6.07) is 7.49. The van der Waals surface area contributed by atoms with Gasteiger partial charge in [-0.3, -0.25) is 4.79 Å². The number of nitrogens with zero attached hydrogens (tertiary/aromatic N) is 2. The predicted octanol–water partition coefficient (Wildman–Crippen LogP) is 1.84. The number of fused-ring (bicyclic) bond motifs is 1. The molecule has 1 aromatic carbocycles. The van der Waals surface area contributed by atoms with Crippen molar-refractivity contribution in [3.8, 4) is 11.5 Å². The van der Waals surface area contributed by atoms with Crippen LogP contribution < -0.4 is 19.6 Å². The first-order valence-electron chi connectivity index (χ1n) is 7.77. The molecule has 0 saturated heterocycles. The molecule has 6 heteroatoms. The Morgan fingerprint density at radius 3 is 2.42 bits per heavy atom. The number of rotatable bonds is 5. The monoisotopic (exact) mass is 326 g/mol. The number of pyridine rings is 1. The normalized spacial score (nSPS) is 10.8. The van der Waals surface area contributed by atoms with E-state index >= 15 is 0 Å². The molecule has 3 aromatic rings. The Kier molecular flexibility index (Phi) is 4.46. The van der Waals surface area contributed by atoms with Crippen LogP contribution in [0.3, 0.4) is 0 Å². The van der Waals surface area contributed by atoms with Crippen molar-refractivity contribution in [2.75, 3.05) is 14.2 Å². The standard InChI is InChI=1S/C18H19N3O3/c1-4-12-5-7-21(8-6-12)11-17-19-14-10-16(24-3)15(23-2)9-13(14)18(22)20-17/h5-10H,4,11H2,1-3H3/p+1. The minimum atomic E-state index is -0.193. The topological polar surface area (TPSA) is 68.1 Å². The number of hydrogen-bond acceptors (Lipinski definition) is 4. The van der Waals surface area contributed by atoms with Gasteiger partial charge in [-0.1, -0.05) is 6.92 Å². The first kappa shape index (κ1) is 16.0. The summed E-state index contributed by atoms with van der Waals surface area (Å²) < 4.78 is 12.5. The average Bonchev–Trinajstić information content (AvgIpc) is 2.61. The van der Waals surface area contributed by atoms with E-state index in [0.717, 1.165) is 6.42 Å². The lowest BCUT2D eigenvalue weighted by Crippen LogP contribution is -2.35. The van der Waals surface area contributed by atoms with Crippen LogP contribution in [-0.2, 0) is 13.0 Å². The molecule has 0 aliphatic carbocycles. The second-order valence-electron chi connectivity index (χ2n) is 5.47. The van der Waals surface area contributed by atoms with E-state index in [2.05, 4.69) is 29.0 Å². The quantitative estimate of drug-likeness (QED) is 0.727. The van der Waals surface area contributed by atoms with Crippen LogP contribution in [0.2, 0.25) is 0 Å². The number of hydrogen-bond donors (Lipinski definition) is 1. The number of benzene rings is 1. The molecule has 0 amide bonds. The van der Waals surface area contributed by atoms with Gasteiger partial charge in [0.1, 0.15) is 0 Å². The van der Waals surface area contributed by atoms with Crippen molar-refractivity contribution < 1.29 is 14.0 Å². The average molecular weight is 326 g/mol. The van der Waals surface area contributed by atoms with Crippen LogP contribution in [0.25, 0.3) is 10.9 Å². The lowest BCUT2D eigenvalue weighted by atomic mass is 10.2. The third kappa shape index (κ3) is 3.08.